The molecule has 2 aromatic heterocycles. The average Bonchev–Trinajstić information content (AvgIpc) is 3.55. The average molecular weight is 561 g/mol. The molecule has 1 N–H and O–H groups in total. The fraction of sp³-hybridized carbons (Fsp3) is 0.387. The number of hydrogen-bond donors (Lipinski definition) is 1. The lowest BCUT2D eigenvalue weighted by Crippen LogP contribution is -2.33. The van der Waals surface area contributed by atoms with E-state index in [0.717, 1.165) is 53.8 Å². The maximum Gasteiger partial charge on any atom is 0.228 e. The van der Waals surface area contributed by atoms with Crippen LogP contribution in [0.4, 0.5) is 4.39 Å². The monoisotopic (exact) mass is 560 g/mol. The van der Waals surface area contributed by atoms with Crippen LogP contribution in [0.1, 0.15) is 31.4 Å². The minimum atomic E-state index is -0.384. The first-order valence-corrected chi connectivity index (χ1v) is 14.7. The number of likely N-dealkylation sites (tertiary alicyclic amines) is 1. The zero-order valence-electron chi connectivity index (χ0n) is 22.8. The second-order valence-corrected chi connectivity index (χ2v) is 11.9. The third-order valence-electron chi connectivity index (χ3n) is 7.81. The molecule has 40 heavy (non-hydrogen) atoms. The number of benzene rings is 2. The van der Waals surface area contributed by atoms with Crippen LogP contribution in [-0.2, 0) is 22.5 Å². The Hall–Kier alpha value is -3.40. The van der Waals surface area contributed by atoms with Crippen molar-refractivity contribution in [2.24, 2.45) is 5.41 Å². The van der Waals surface area contributed by atoms with Gasteiger partial charge in [-0.15, -0.1) is 21.5 Å². The highest BCUT2D eigenvalue weighted by atomic mass is 32.1. The third kappa shape index (κ3) is 5.33. The van der Waals surface area contributed by atoms with Crippen LogP contribution in [0.2, 0.25) is 0 Å². The van der Waals surface area contributed by atoms with Gasteiger partial charge in [-0.2, -0.15) is 0 Å². The molecular formula is C31H33FN4O3S. The van der Waals surface area contributed by atoms with Gasteiger partial charge in [0.1, 0.15) is 29.6 Å². The molecule has 9 heteroatoms. The van der Waals surface area contributed by atoms with Crippen LogP contribution in [0.5, 0.6) is 5.75 Å². The number of amides is 1. The van der Waals surface area contributed by atoms with Crippen LogP contribution in [-0.4, -0.2) is 60.5 Å². The van der Waals surface area contributed by atoms with Crippen LogP contribution in [0.15, 0.2) is 47.8 Å². The predicted octanol–water partition coefficient (Wildman–Crippen LogP) is 5.46. The lowest BCUT2D eigenvalue weighted by atomic mass is 9.92. The van der Waals surface area contributed by atoms with Crippen molar-refractivity contribution in [3.8, 4) is 28.3 Å². The van der Waals surface area contributed by atoms with Gasteiger partial charge in [-0.1, -0.05) is 26.0 Å². The van der Waals surface area contributed by atoms with Gasteiger partial charge < -0.3 is 19.7 Å². The molecule has 2 aliphatic heterocycles. The van der Waals surface area contributed by atoms with Gasteiger partial charge in [0, 0.05) is 47.6 Å². The van der Waals surface area contributed by atoms with E-state index in [0.29, 0.717) is 36.8 Å². The van der Waals surface area contributed by atoms with E-state index in [2.05, 4.69) is 39.8 Å². The molecule has 7 nitrogen and oxygen atoms in total. The van der Waals surface area contributed by atoms with Gasteiger partial charge in [-0.25, -0.2) is 4.39 Å². The Morgan fingerprint density at radius 1 is 1.05 bits per heavy atom. The second kappa shape index (κ2) is 11.2. The number of aromatic nitrogens is 2. The molecule has 0 radical (unpaired) electrons. The Bertz CT molecular complexity index is 1550. The number of halogens is 1. The Morgan fingerprint density at radius 3 is 2.77 bits per heavy atom. The van der Waals surface area contributed by atoms with Crippen molar-refractivity contribution in [3.63, 3.8) is 0 Å². The van der Waals surface area contributed by atoms with Gasteiger partial charge in [0.15, 0.2) is 0 Å². The number of hydrogen-bond acceptors (Lipinski definition) is 7. The molecule has 1 fully saturated rings. The summed E-state index contributed by atoms with van der Waals surface area (Å²) in [5.74, 6) is 0.191. The summed E-state index contributed by atoms with van der Waals surface area (Å²) in [4.78, 5) is 14.2. The quantitative estimate of drug-likeness (QED) is 0.274. The first-order valence-electron chi connectivity index (χ1n) is 13.8. The van der Waals surface area contributed by atoms with Gasteiger partial charge in [0.2, 0.25) is 5.91 Å². The van der Waals surface area contributed by atoms with E-state index in [1.165, 1.54) is 23.3 Å². The van der Waals surface area contributed by atoms with E-state index in [4.69, 9.17) is 9.47 Å². The Morgan fingerprint density at radius 2 is 1.93 bits per heavy atom. The fourth-order valence-corrected chi connectivity index (χ4v) is 6.35. The van der Waals surface area contributed by atoms with Crippen molar-refractivity contribution in [3.05, 3.63) is 64.8 Å². The summed E-state index contributed by atoms with van der Waals surface area (Å²) in [6, 6.07) is 13.1. The zero-order chi connectivity index (χ0) is 27.7. The summed E-state index contributed by atoms with van der Waals surface area (Å²) >= 11 is 1.59. The molecule has 2 aliphatic rings. The van der Waals surface area contributed by atoms with Crippen molar-refractivity contribution in [1.29, 1.82) is 0 Å². The topological polar surface area (TPSA) is 76.6 Å². The van der Waals surface area contributed by atoms with E-state index in [1.54, 1.807) is 17.4 Å². The number of thiophene rings is 1. The Balaban J connectivity index is 1.16. The molecular weight excluding hydrogens is 527 g/mol. The molecule has 208 valence electrons. The van der Waals surface area contributed by atoms with Gasteiger partial charge in [-0.05, 0) is 60.2 Å². The van der Waals surface area contributed by atoms with E-state index in [1.807, 2.05) is 24.1 Å². The number of carbonyl (C=O) groups is 1. The second-order valence-electron chi connectivity index (χ2n) is 11.0. The summed E-state index contributed by atoms with van der Waals surface area (Å²) < 4.78 is 27.0. The van der Waals surface area contributed by atoms with Crippen LogP contribution in [0.25, 0.3) is 32.6 Å². The molecule has 1 amide bonds. The van der Waals surface area contributed by atoms with E-state index in [9.17, 15) is 9.18 Å². The summed E-state index contributed by atoms with van der Waals surface area (Å²) in [6.07, 6.45) is 1.86. The highest BCUT2D eigenvalue weighted by molar-refractivity contribution is 7.17. The van der Waals surface area contributed by atoms with Gasteiger partial charge >= 0.3 is 0 Å². The Kier molecular flexibility index (Phi) is 7.53. The molecule has 0 spiro atoms. The molecule has 4 heterocycles. The highest BCUT2D eigenvalue weighted by Crippen LogP contribution is 2.39. The Labute approximate surface area is 237 Å². The van der Waals surface area contributed by atoms with Crippen LogP contribution < -0.4 is 10.1 Å². The van der Waals surface area contributed by atoms with E-state index < -0.39 is 0 Å². The number of nitrogens with one attached hydrogen (secondary N) is 1. The number of nitrogens with zero attached hydrogens (tertiary/aromatic N) is 3. The summed E-state index contributed by atoms with van der Waals surface area (Å²) in [5.41, 5.74) is 5.64. The van der Waals surface area contributed by atoms with Crippen LogP contribution >= 0.6 is 11.3 Å². The predicted molar refractivity (Wildman–Crippen MR) is 155 cm³/mol. The molecule has 0 aliphatic carbocycles. The zero-order valence-corrected chi connectivity index (χ0v) is 23.7. The summed E-state index contributed by atoms with van der Waals surface area (Å²) in [5, 5.41) is 15.7. The number of fused-ring (bicyclic) bond motifs is 2. The molecule has 1 saturated heterocycles. The molecule has 0 atom stereocenters. The largest absolute Gasteiger partial charge is 0.490 e. The maximum atomic E-state index is 14.3. The van der Waals surface area contributed by atoms with Crippen molar-refractivity contribution in [2.45, 2.75) is 33.2 Å². The van der Waals surface area contributed by atoms with Crippen molar-refractivity contribution >= 4 is 27.3 Å². The minimum Gasteiger partial charge on any atom is -0.490 e. The van der Waals surface area contributed by atoms with E-state index >= 15 is 0 Å². The molecule has 2 aromatic carbocycles. The number of ether oxygens (including phenoxy) is 2. The van der Waals surface area contributed by atoms with Crippen molar-refractivity contribution in [2.75, 3.05) is 39.5 Å². The van der Waals surface area contributed by atoms with Gasteiger partial charge in [-0.3, -0.25) is 4.79 Å². The van der Waals surface area contributed by atoms with Gasteiger partial charge in [0.25, 0.3) is 0 Å². The normalized spacial score (nSPS) is 16.5. The first-order chi connectivity index (χ1) is 19.4. The van der Waals surface area contributed by atoms with Crippen molar-refractivity contribution < 1.29 is 18.7 Å². The van der Waals surface area contributed by atoms with Gasteiger partial charge in [0.05, 0.1) is 17.9 Å². The first kappa shape index (κ1) is 26.8. The van der Waals surface area contributed by atoms with E-state index in [-0.39, 0.29) is 23.7 Å². The standard InChI is InChI=1S/C31H33FN4O3S/c1-31(2)9-11-36(30(31)37)12-13-38-14-15-39-26-18-23(32)5-6-24(26)28-29-25(8-16-40-29)27(34-35-28)21-3-4-22-19-33-10-7-20(22)17-21/h3-6,8,16-18,33H,7,9-15,19H2,1-2H3. The van der Waals surface area contributed by atoms with Crippen molar-refractivity contribution in [1.82, 2.24) is 20.4 Å². The lowest BCUT2D eigenvalue weighted by molar-refractivity contribution is -0.135. The number of rotatable bonds is 9. The maximum absolute atomic E-state index is 14.3. The minimum absolute atomic E-state index is 0.174. The van der Waals surface area contributed by atoms with Crippen LogP contribution in [0.3, 0.4) is 0 Å². The SMILES string of the molecule is CC1(C)CCN(CCOCCOc2cc(F)ccc2-c2nnc(-c3ccc4c(c3)CCNC4)c3ccsc23)C1=O. The number of carbonyl (C=O) groups excluding carboxylic acids is 1. The molecule has 6 rings (SSSR count). The summed E-state index contributed by atoms with van der Waals surface area (Å²) in [6.45, 7) is 8.16. The third-order valence-corrected chi connectivity index (χ3v) is 8.74. The smallest absolute Gasteiger partial charge is 0.228 e. The highest BCUT2D eigenvalue weighted by Gasteiger charge is 2.38. The molecule has 0 unspecified atom stereocenters. The van der Waals surface area contributed by atoms with Crippen LogP contribution in [0, 0.1) is 11.2 Å². The summed E-state index contributed by atoms with van der Waals surface area (Å²) in [7, 11) is 0. The molecule has 0 bridgehead atoms. The fourth-order valence-electron chi connectivity index (χ4n) is 5.46. The molecule has 4 aromatic rings. The lowest BCUT2D eigenvalue weighted by Gasteiger charge is -2.19. The molecule has 0 saturated carbocycles.